The van der Waals surface area contributed by atoms with Crippen LogP contribution >= 0.6 is 0 Å². The van der Waals surface area contributed by atoms with E-state index in [2.05, 4.69) is 49.9 Å². The molecule has 0 aliphatic carbocycles. The van der Waals surface area contributed by atoms with Gasteiger partial charge in [0.1, 0.15) is 0 Å². The molecule has 186 valence electrons. The van der Waals surface area contributed by atoms with Crippen molar-refractivity contribution >= 4 is 0 Å². The lowest BCUT2D eigenvalue weighted by atomic mass is 9.97. The second-order valence-corrected chi connectivity index (χ2v) is 8.50. The molecule has 0 aliphatic rings. The standard InChI is InChI=1S/C30H42O4/c1-5-7-10-19-28(33-23-25-15-11-8-12-16-25)21-20-27(6-2)29(22-30(31-3)32-4)34-24-26-17-13-9-14-18-26/h6,8-9,11-18,20-21,27-30H,2,5,7,10,19,22-24H2,1,3-4H3/b21-20+/t27-,28-,29+/m0/s1. The molecule has 0 saturated heterocycles. The summed E-state index contributed by atoms with van der Waals surface area (Å²) in [5.41, 5.74) is 2.32. The topological polar surface area (TPSA) is 36.9 Å². The summed E-state index contributed by atoms with van der Waals surface area (Å²) in [5, 5.41) is 0. The van der Waals surface area contributed by atoms with E-state index in [4.69, 9.17) is 18.9 Å². The van der Waals surface area contributed by atoms with Crippen LogP contribution in [0.25, 0.3) is 0 Å². The Morgan fingerprint density at radius 3 is 1.91 bits per heavy atom. The Kier molecular flexibility index (Phi) is 14.2. The van der Waals surface area contributed by atoms with E-state index < -0.39 is 0 Å². The Bertz CT molecular complexity index is 786. The smallest absolute Gasteiger partial charge is 0.159 e. The van der Waals surface area contributed by atoms with Gasteiger partial charge in [0.2, 0.25) is 0 Å². The lowest BCUT2D eigenvalue weighted by Crippen LogP contribution is -2.29. The van der Waals surface area contributed by atoms with Crippen LogP contribution in [0.3, 0.4) is 0 Å². The molecule has 0 amide bonds. The monoisotopic (exact) mass is 466 g/mol. The Morgan fingerprint density at radius 1 is 0.794 bits per heavy atom. The van der Waals surface area contributed by atoms with Gasteiger partial charge in [0.05, 0.1) is 25.4 Å². The van der Waals surface area contributed by atoms with Crippen molar-refractivity contribution in [3.63, 3.8) is 0 Å². The van der Waals surface area contributed by atoms with Gasteiger partial charge in [-0.05, 0) is 17.5 Å². The first-order chi connectivity index (χ1) is 16.7. The summed E-state index contributed by atoms with van der Waals surface area (Å²) in [5.74, 6) is 0.00510. The van der Waals surface area contributed by atoms with Gasteiger partial charge in [-0.2, -0.15) is 0 Å². The van der Waals surface area contributed by atoms with Crippen LogP contribution in [0.5, 0.6) is 0 Å². The van der Waals surface area contributed by atoms with Crippen molar-refractivity contribution in [2.75, 3.05) is 14.2 Å². The van der Waals surface area contributed by atoms with Crippen LogP contribution < -0.4 is 0 Å². The second kappa shape index (κ2) is 17.2. The highest BCUT2D eigenvalue weighted by molar-refractivity contribution is 5.14. The molecule has 2 aromatic carbocycles. The summed E-state index contributed by atoms with van der Waals surface area (Å²) >= 11 is 0. The normalized spacial score (nSPS) is 14.4. The van der Waals surface area contributed by atoms with Crippen molar-refractivity contribution < 1.29 is 18.9 Å². The van der Waals surface area contributed by atoms with Gasteiger partial charge in [0.25, 0.3) is 0 Å². The maximum absolute atomic E-state index is 6.35. The molecule has 3 atom stereocenters. The van der Waals surface area contributed by atoms with E-state index in [-0.39, 0.29) is 24.4 Å². The zero-order chi connectivity index (χ0) is 24.4. The van der Waals surface area contributed by atoms with Gasteiger partial charge >= 0.3 is 0 Å². The number of rotatable bonds is 18. The summed E-state index contributed by atoms with van der Waals surface area (Å²) < 4.78 is 23.6. The minimum Gasteiger partial charge on any atom is -0.372 e. The zero-order valence-corrected chi connectivity index (χ0v) is 21.1. The molecule has 0 aromatic heterocycles. The summed E-state index contributed by atoms with van der Waals surface area (Å²) in [6.07, 6.45) is 11.0. The number of benzene rings is 2. The van der Waals surface area contributed by atoms with Crippen molar-refractivity contribution in [1.82, 2.24) is 0 Å². The van der Waals surface area contributed by atoms with Gasteiger partial charge in [-0.25, -0.2) is 0 Å². The molecular formula is C30H42O4. The SMILES string of the molecule is C=C[C@@H](/C=C/[C@H](CCCCC)OCc1ccccc1)[C@@H](CC(OC)OC)OCc1ccccc1. The molecule has 4 heteroatoms. The van der Waals surface area contributed by atoms with Gasteiger partial charge in [-0.1, -0.05) is 105 Å². The van der Waals surface area contributed by atoms with Crippen molar-refractivity contribution in [3.8, 4) is 0 Å². The van der Waals surface area contributed by atoms with E-state index in [0.29, 0.717) is 19.6 Å². The third-order valence-electron chi connectivity index (χ3n) is 5.91. The average molecular weight is 467 g/mol. The first-order valence-corrected chi connectivity index (χ1v) is 12.4. The van der Waals surface area contributed by atoms with Gasteiger partial charge in [0.15, 0.2) is 6.29 Å². The van der Waals surface area contributed by atoms with E-state index in [0.717, 1.165) is 18.4 Å². The number of hydrogen-bond acceptors (Lipinski definition) is 4. The van der Waals surface area contributed by atoms with Crippen molar-refractivity contribution in [1.29, 1.82) is 0 Å². The summed E-state index contributed by atoms with van der Waals surface area (Å²) in [4.78, 5) is 0. The van der Waals surface area contributed by atoms with Crippen molar-refractivity contribution in [2.45, 2.75) is 70.7 Å². The molecule has 0 N–H and O–H groups in total. The molecule has 4 nitrogen and oxygen atoms in total. The number of hydrogen-bond donors (Lipinski definition) is 0. The number of ether oxygens (including phenoxy) is 4. The predicted octanol–water partition coefficient (Wildman–Crippen LogP) is 7.10. The molecule has 2 aromatic rings. The average Bonchev–Trinajstić information content (AvgIpc) is 2.89. The first-order valence-electron chi connectivity index (χ1n) is 12.4. The number of methoxy groups -OCH3 is 2. The van der Waals surface area contributed by atoms with Gasteiger partial charge in [0, 0.05) is 26.6 Å². The Hall–Kier alpha value is -2.24. The first kappa shape index (κ1) is 28.0. The maximum Gasteiger partial charge on any atom is 0.159 e. The third kappa shape index (κ3) is 10.8. The Balaban J connectivity index is 2.09. The van der Waals surface area contributed by atoms with Crippen LogP contribution in [0.2, 0.25) is 0 Å². The molecular weight excluding hydrogens is 424 g/mol. The fourth-order valence-electron chi connectivity index (χ4n) is 3.81. The lowest BCUT2D eigenvalue weighted by Gasteiger charge is -2.26. The molecule has 0 radical (unpaired) electrons. The van der Waals surface area contributed by atoms with Crippen LogP contribution in [-0.2, 0) is 32.2 Å². The van der Waals surface area contributed by atoms with E-state index in [1.807, 2.05) is 42.5 Å². The Labute approximate surface area is 206 Å². The molecule has 0 spiro atoms. The van der Waals surface area contributed by atoms with E-state index in [1.54, 1.807) is 14.2 Å². The molecule has 0 bridgehead atoms. The second-order valence-electron chi connectivity index (χ2n) is 8.50. The molecule has 0 unspecified atom stereocenters. The van der Waals surface area contributed by atoms with Crippen LogP contribution in [0, 0.1) is 5.92 Å². The molecule has 2 rings (SSSR count). The molecule has 0 fully saturated rings. The van der Waals surface area contributed by atoms with E-state index in [9.17, 15) is 0 Å². The zero-order valence-electron chi connectivity index (χ0n) is 21.1. The summed E-state index contributed by atoms with van der Waals surface area (Å²) in [6, 6.07) is 20.5. The van der Waals surface area contributed by atoms with E-state index in [1.165, 1.54) is 18.4 Å². The minimum atomic E-state index is -0.341. The third-order valence-corrected chi connectivity index (χ3v) is 5.91. The highest BCUT2D eigenvalue weighted by Crippen LogP contribution is 2.22. The van der Waals surface area contributed by atoms with Crippen LogP contribution in [-0.4, -0.2) is 32.7 Å². The fraction of sp³-hybridized carbons (Fsp3) is 0.467. The lowest BCUT2D eigenvalue weighted by molar-refractivity contribution is -0.134. The number of unbranched alkanes of at least 4 members (excludes halogenated alkanes) is 2. The predicted molar refractivity (Wildman–Crippen MR) is 139 cm³/mol. The van der Waals surface area contributed by atoms with Gasteiger partial charge in [-0.15, -0.1) is 6.58 Å². The van der Waals surface area contributed by atoms with Gasteiger partial charge in [-0.3, -0.25) is 0 Å². The molecule has 0 saturated carbocycles. The largest absolute Gasteiger partial charge is 0.372 e. The van der Waals surface area contributed by atoms with Crippen LogP contribution in [0.15, 0.2) is 85.5 Å². The highest BCUT2D eigenvalue weighted by atomic mass is 16.7. The van der Waals surface area contributed by atoms with Crippen molar-refractivity contribution in [2.24, 2.45) is 5.92 Å². The van der Waals surface area contributed by atoms with Crippen LogP contribution in [0.4, 0.5) is 0 Å². The quantitative estimate of drug-likeness (QED) is 0.133. The summed E-state index contributed by atoms with van der Waals surface area (Å²) in [7, 11) is 3.31. The van der Waals surface area contributed by atoms with Gasteiger partial charge < -0.3 is 18.9 Å². The molecule has 34 heavy (non-hydrogen) atoms. The van der Waals surface area contributed by atoms with Crippen molar-refractivity contribution in [3.05, 3.63) is 96.6 Å². The highest BCUT2D eigenvalue weighted by Gasteiger charge is 2.23. The summed E-state index contributed by atoms with van der Waals surface area (Å²) in [6.45, 7) is 7.43. The maximum atomic E-state index is 6.35. The van der Waals surface area contributed by atoms with Crippen LogP contribution in [0.1, 0.15) is 50.2 Å². The molecule has 0 heterocycles. The fourth-order valence-corrected chi connectivity index (χ4v) is 3.81. The minimum absolute atomic E-state index is 0.00510. The van der Waals surface area contributed by atoms with E-state index >= 15 is 0 Å². The Morgan fingerprint density at radius 2 is 1.38 bits per heavy atom. The molecule has 0 aliphatic heterocycles.